The van der Waals surface area contributed by atoms with Gasteiger partial charge >= 0.3 is 0 Å². The lowest BCUT2D eigenvalue weighted by atomic mass is 10.0. The molecule has 19 heavy (non-hydrogen) atoms. The van der Waals surface area contributed by atoms with Crippen LogP contribution in [0.5, 0.6) is 11.5 Å². The van der Waals surface area contributed by atoms with Crippen molar-refractivity contribution >= 4 is 0 Å². The van der Waals surface area contributed by atoms with Crippen LogP contribution < -0.4 is 4.74 Å². The summed E-state index contributed by atoms with van der Waals surface area (Å²) in [5, 5.41) is 9.67. The van der Waals surface area contributed by atoms with Gasteiger partial charge in [0.25, 0.3) is 0 Å². The molecule has 1 fully saturated rings. The van der Waals surface area contributed by atoms with Gasteiger partial charge in [0.15, 0.2) is 11.5 Å². The Labute approximate surface area is 114 Å². The predicted octanol–water partition coefficient (Wildman–Crippen LogP) is 2.57. The van der Waals surface area contributed by atoms with Crippen LogP contribution in [0.4, 0.5) is 0 Å². The topological polar surface area (TPSA) is 41.9 Å². The maximum absolute atomic E-state index is 9.67. The number of morpholine rings is 1. The number of ether oxygens (including phenoxy) is 2. The molecule has 0 radical (unpaired) electrons. The van der Waals surface area contributed by atoms with E-state index >= 15 is 0 Å². The average Bonchev–Trinajstić information content (AvgIpc) is 2.47. The van der Waals surface area contributed by atoms with Gasteiger partial charge in [-0.3, -0.25) is 4.90 Å². The van der Waals surface area contributed by atoms with Crippen molar-refractivity contribution in [1.29, 1.82) is 0 Å². The fourth-order valence-corrected chi connectivity index (χ4v) is 2.68. The number of phenolic OH excluding ortho intramolecular Hbond substituents is 1. The summed E-state index contributed by atoms with van der Waals surface area (Å²) in [5.41, 5.74) is 1.16. The molecule has 0 aromatic heterocycles. The Kier molecular flexibility index (Phi) is 4.66. The Balaban J connectivity index is 2.20. The van der Waals surface area contributed by atoms with E-state index in [1.54, 1.807) is 13.2 Å². The smallest absolute Gasteiger partial charge is 0.160 e. The highest BCUT2D eigenvalue weighted by atomic mass is 16.5. The molecule has 2 rings (SSSR count). The van der Waals surface area contributed by atoms with Crippen LogP contribution in [0.15, 0.2) is 18.2 Å². The van der Waals surface area contributed by atoms with E-state index in [-0.39, 0.29) is 5.75 Å². The molecule has 1 heterocycles. The molecule has 2 unspecified atom stereocenters. The van der Waals surface area contributed by atoms with E-state index in [0.717, 1.165) is 31.7 Å². The highest BCUT2D eigenvalue weighted by molar-refractivity contribution is 5.42. The summed E-state index contributed by atoms with van der Waals surface area (Å²) < 4.78 is 10.7. The van der Waals surface area contributed by atoms with Crippen LogP contribution in [0.3, 0.4) is 0 Å². The van der Waals surface area contributed by atoms with E-state index < -0.39 is 0 Å². The van der Waals surface area contributed by atoms with E-state index in [2.05, 4.69) is 18.7 Å². The molecule has 2 atom stereocenters. The summed E-state index contributed by atoms with van der Waals surface area (Å²) in [6, 6.07) is 6.34. The van der Waals surface area contributed by atoms with Gasteiger partial charge in [0.2, 0.25) is 0 Å². The summed E-state index contributed by atoms with van der Waals surface area (Å²) in [7, 11) is 1.58. The number of rotatable bonds is 4. The maximum Gasteiger partial charge on any atom is 0.160 e. The van der Waals surface area contributed by atoms with Crippen LogP contribution in [-0.4, -0.2) is 42.9 Å². The summed E-state index contributed by atoms with van der Waals surface area (Å²) in [6.45, 7) is 6.92. The van der Waals surface area contributed by atoms with Gasteiger partial charge in [0.1, 0.15) is 0 Å². The molecule has 0 saturated carbocycles. The Morgan fingerprint density at radius 1 is 1.53 bits per heavy atom. The molecule has 0 spiro atoms. The SMILES string of the molecule is CCC1COCCN1C(C)c1ccc(O)c(OC)c1. The highest BCUT2D eigenvalue weighted by Crippen LogP contribution is 2.32. The summed E-state index contributed by atoms with van der Waals surface area (Å²) in [5.74, 6) is 0.720. The van der Waals surface area contributed by atoms with Crippen molar-refractivity contribution in [2.75, 3.05) is 26.9 Å². The van der Waals surface area contributed by atoms with Crippen LogP contribution in [0, 0.1) is 0 Å². The van der Waals surface area contributed by atoms with Crippen molar-refractivity contribution < 1.29 is 14.6 Å². The second kappa shape index (κ2) is 6.26. The number of hydrogen-bond donors (Lipinski definition) is 1. The number of nitrogens with zero attached hydrogens (tertiary/aromatic N) is 1. The summed E-state index contributed by atoms with van der Waals surface area (Å²) >= 11 is 0. The van der Waals surface area contributed by atoms with Crippen molar-refractivity contribution in [3.8, 4) is 11.5 Å². The molecule has 0 amide bonds. The molecule has 0 aliphatic carbocycles. The van der Waals surface area contributed by atoms with Gasteiger partial charge in [0.05, 0.1) is 20.3 Å². The monoisotopic (exact) mass is 265 g/mol. The molecule has 1 saturated heterocycles. The summed E-state index contributed by atoms with van der Waals surface area (Å²) in [6.07, 6.45) is 1.08. The van der Waals surface area contributed by atoms with Crippen LogP contribution in [0.1, 0.15) is 31.9 Å². The second-order valence-corrected chi connectivity index (χ2v) is 4.98. The lowest BCUT2D eigenvalue weighted by Gasteiger charge is -2.39. The average molecular weight is 265 g/mol. The number of hydrogen-bond acceptors (Lipinski definition) is 4. The van der Waals surface area contributed by atoms with Crippen LogP contribution in [-0.2, 0) is 4.74 Å². The van der Waals surface area contributed by atoms with Crippen LogP contribution in [0.25, 0.3) is 0 Å². The first-order valence-corrected chi connectivity index (χ1v) is 6.87. The zero-order valence-corrected chi connectivity index (χ0v) is 11.9. The summed E-state index contributed by atoms with van der Waals surface area (Å²) in [4.78, 5) is 2.47. The number of phenols is 1. The fraction of sp³-hybridized carbons (Fsp3) is 0.600. The lowest BCUT2D eigenvalue weighted by Crippen LogP contribution is -2.46. The zero-order chi connectivity index (χ0) is 13.8. The van der Waals surface area contributed by atoms with Gasteiger partial charge in [0, 0.05) is 18.6 Å². The van der Waals surface area contributed by atoms with Gasteiger partial charge in [-0.05, 0) is 31.0 Å². The molecule has 1 N–H and O–H groups in total. The van der Waals surface area contributed by atoms with Gasteiger partial charge < -0.3 is 14.6 Å². The third-order valence-corrected chi connectivity index (χ3v) is 3.93. The van der Waals surface area contributed by atoms with Gasteiger partial charge in [-0.1, -0.05) is 13.0 Å². The highest BCUT2D eigenvalue weighted by Gasteiger charge is 2.26. The Bertz CT molecular complexity index is 422. The molecule has 4 heteroatoms. The van der Waals surface area contributed by atoms with Gasteiger partial charge in [-0.2, -0.15) is 0 Å². The van der Waals surface area contributed by atoms with Crippen LogP contribution >= 0.6 is 0 Å². The maximum atomic E-state index is 9.67. The Hall–Kier alpha value is -1.26. The standard InChI is InChI=1S/C15H23NO3/c1-4-13-10-19-8-7-16(13)11(2)12-5-6-14(17)15(9-12)18-3/h5-6,9,11,13,17H,4,7-8,10H2,1-3H3. The van der Waals surface area contributed by atoms with Gasteiger partial charge in [-0.25, -0.2) is 0 Å². The molecular formula is C15H23NO3. The predicted molar refractivity (Wildman–Crippen MR) is 74.7 cm³/mol. The molecule has 1 aliphatic rings. The number of aromatic hydroxyl groups is 1. The molecule has 0 bridgehead atoms. The molecule has 1 aromatic carbocycles. The first-order chi connectivity index (χ1) is 9.17. The normalized spacial score (nSPS) is 22.2. The van der Waals surface area contributed by atoms with E-state index in [9.17, 15) is 5.11 Å². The molecular weight excluding hydrogens is 242 g/mol. The molecule has 4 nitrogen and oxygen atoms in total. The van der Waals surface area contributed by atoms with Crippen molar-refractivity contribution in [2.45, 2.75) is 32.4 Å². The first-order valence-electron chi connectivity index (χ1n) is 6.87. The molecule has 106 valence electrons. The van der Waals surface area contributed by atoms with E-state index in [0.29, 0.717) is 17.8 Å². The third-order valence-electron chi connectivity index (χ3n) is 3.93. The van der Waals surface area contributed by atoms with E-state index in [1.807, 2.05) is 12.1 Å². The largest absolute Gasteiger partial charge is 0.504 e. The van der Waals surface area contributed by atoms with Crippen molar-refractivity contribution in [3.05, 3.63) is 23.8 Å². The lowest BCUT2D eigenvalue weighted by molar-refractivity contribution is -0.0273. The first kappa shape index (κ1) is 14.2. The minimum absolute atomic E-state index is 0.187. The van der Waals surface area contributed by atoms with Crippen LogP contribution in [0.2, 0.25) is 0 Å². The van der Waals surface area contributed by atoms with Gasteiger partial charge in [-0.15, -0.1) is 0 Å². The third kappa shape index (κ3) is 3.01. The number of benzene rings is 1. The number of methoxy groups -OCH3 is 1. The Morgan fingerprint density at radius 3 is 3.00 bits per heavy atom. The van der Waals surface area contributed by atoms with E-state index in [4.69, 9.17) is 9.47 Å². The molecule has 1 aliphatic heterocycles. The Morgan fingerprint density at radius 2 is 2.32 bits per heavy atom. The van der Waals surface area contributed by atoms with Crippen molar-refractivity contribution in [1.82, 2.24) is 4.90 Å². The minimum Gasteiger partial charge on any atom is -0.504 e. The zero-order valence-electron chi connectivity index (χ0n) is 11.9. The quantitative estimate of drug-likeness (QED) is 0.908. The van der Waals surface area contributed by atoms with E-state index in [1.165, 1.54) is 0 Å². The minimum atomic E-state index is 0.187. The second-order valence-electron chi connectivity index (χ2n) is 4.98. The fourth-order valence-electron chi connectivity index (χ4n) is 2.68. The van der Waals surface area contributed by atoms with Crippen molar-refractivity contribution in [2.24, 2.45) is 0 Å². The van der Waals surface area contributed by atoms with Crippen molar-refractivity contribution in [3.63, 3.8) is 0 Å². The molecule has 1 aromatic rings.